The van der Waals surface area contributed by atoms with Crippen molar-refractivity contribution in [2.45, 2.75) is 56.5 Å². The fourth-order valence-electron chi connectivity index (χ4n) is 2.69. The Morgan fingerprint density at radius 1 is 1.19 bits per heavy atom. The van der Waals surface area contributed by atoms with Crippen molar-refractivity contribution in [3.8, 4) is 0 Å². The lowest BCUT2D eigenvalue weighted by Gasteiger charge is -2.25. The molecular weight excluding hydrogens is 284 g/mol. The summed E-state index contributed by atoms with van der Waals surface area (Å²) >= 11 is 0. The highest BCUT2D eigenvalue weighted by Gasteiger charge is 2.24. The van der Waals surface area contributed by atoms with E-state index in [0.717, 1.165) is 30.5 Å². The third-order valence-corrected chi connectivity index (χ3v) is 6.20. The van der Waals surface area contributed by atoms with Gasteiger partial charge in [0, 0.05) is 19.1 Å². The Labute approximate surface area is 127 Å². The highest BCUT2D eigenvalue weighted by atomic mass is 32.2. The molecule has 0 heterocycles. The molecule has 0 atom stereocenters. The fraction of sp³-hybridized carbons (Fsp3) is 0.625. The molecule has 2 fully saturated rings. The second kappa shape index (κ2) is 6.07. The first-order valence-corrected chi connectivity index (χ1v) is 9.36. The quantitative estimate of drug-likeness (QED) is 0.813. The van der Waals surface area contributed by atoms with Crippen molar-refractivity contribution < 1.29 is 8.42 Å². The van der Waals surface area contributed by atoms with Crippen molar-refractivity contribution in [3.63, 3.8) is 0 Å². The van der Waals surface area contributed by atoms with E-state index < -0.39 is 10.0 Å². The molecule has 116 valence electrons. The van der Waals surface area contributed by atoms with Crippen LogP contribution in [0.15, 0.2) is 23.1 Å². The van der Waals surface area contributed by atoms with Crippen molar-refractivity contribution in [1.29, 1.82) is 0 Å². The summed E-state index contributed by atoms with van der Waals surface area (Å²) in [6.45, 7) is 3.23. The fourth-order valence-corrected chi connectivity index (χ4v) is 4.09. The molecule has 2 aliphatic rings. The third-order valence-electron chi connectivity index (χ3n) is 4.63. The average Bonchev–Trinajstić information content (AvgIpc) is 3.19. The van der Waals surface area contributed by atoms with E-state index in [0.29, 0.717) is 23.4 Å². The summed E-state index contributed by atoms with van der Waals surface area (Å²) in [4.78, 5) is 0.428. The van der Waals surface area contributed by atoms with E-state index in [4.69, 9.17) is 0 Å². The average molecular weight is 308 g/mol. The summed E-state index contributed by atoms with van der Waals surface area (Å²) in [5.74, 6) is 0.528. The molecule has 1 aromatic carbocycles. The maximum Gasteiger partial charge on any atom is 0.240 e. The number of sulfonamides is 1. The van der Waals surface area contributed by atoms with Crippen molar-refractivity contribution in [2.24, 2.45) is 5.92 Å². The standard InChI is InChI=1S/C16H24N2O2S/c1-12-14(11-17-15-8-9-15)6-3-7-16(12)21(19,20)18-10-13-4-2-5-13/h3,6-7,13,15,17-18H,2,4-5,8-11H2,1H3. The van der Waals surface area contributed by atoms with Crippen LogP contribution in [-0.4, -0.2) is 21.0 Å². The third kappa shape index (κ3) is 3.65. The first-order chi connectivity index (χ1) is 10.1. The van der Waals surface area contributed by atoms with E-state index in [1.165, 1.54) is 19.3 Å². The Morgan fingerprint density at radius 3 is 2.57 bits per heavy atom. The minimum atomic E-state index is -3.39. The summed E-state index contributed by atoms with van der Waals surface area (Å²) in [5, 5.41) is 3.45. The molecule has 21 heavy (non-hydrogen) atoms. The van der Waals surface area contributed by atoms with Crippen LogP contribution in [0.2, 0.25) is 0 Å². The molecule has 0 aliphatic heterocycles. The Balaban J connectivity index is 1.71. The zero-order valence-corrected chi connectivity index (χ0v) is 13.4. The van der Waals surface area contributed by atoms with Gasteiger partial charge in [-0.05, 0) is 55.7 Å². The predicted molar refractivity (Wildman–Crippen MR) is 83.6 cm³/mol. The molecule has 0 amide bonds. The first-order valence-electron chi connectivity index (χ1n) is 7.88. The molecule has 1 aromatic rings. The molecule has 0 aromatic heterocycles. The van der Waals surface area contributed by atoms with E-state index >= 15 is 0 Å². The Bertz CT molecular complexity index is 605. The van der Waals surface area contributed by atoms with Crippen LogP contribution in [0.3, 0.4) is 0 Å². The molecule has 3 rings (SSSR count). The van der Waals surface area contributed by atoms with Gasteiger partial charge in [0.05, 0.1) is 4.90 Å². The van der Waals surface area contributed by atoms with Gasteiger partial charge in [-0.15, -0.1) is 0 Å². The lowest BCUT2D eigenvalue weighted by molar-refractivity contribution is 0.316. The van der Waals surface area contributed by atoms with Gasteiger partial charge in [-0.1, -0.05) is 18.6 Å². The predicted octanol–water partition coefficient (Wildman–Crippen LogP) is 2.33. The van der Waals surface area contributed by atoms with Crippen molar-refractivity contribution in [2.75, 3.05) is 6.54 Å². The molecule has 0 radical (unpaired) electrons. The molecule has 0 unspecified atom stereocenters. The highest BCUT2D eigenvalue weighted by Crippen LogP contribution is 2.26. The van der Waals surface area contributed by atoms with Crippen LogP contribution in [0.25, 0.3) is 0 Å². The van der Waals surface area contributed by atoms with Crippen LogP contribution in [-0.2, 0) is 16.6 Å². The van der Waals surface area contributed by atoms with Gasteiger partial charge in [-0.25, -0.2) is 13.1 Å². The Kier molecular flexibility index (Phi) is 4.33. The molecule has 4 nitrogen and oxygen atoms in total. The monoisotopic (exact) mass is 308 g/mol. The van der Waals surface area contributed by atoms with Crippen LogP contribution in [0.1, 0.15) is 43.2 Å². The first kappa shape index (κ1) is 15.0. The van der Waals surface area contributed by atoms with E-state index in [-0.39, 0.29) is 0 Å². The van der Waals surface area contributed by atoms with Crippen molar-refractivity contribution >= 4 is 10.0 Å². The molecule has 2 saturated carbocycles. The zero-order chi connectivity index (χ0) is 14.9. The zero-order valence-electron chi connectivity index (χ0n) is 12.6. The SMILES string of the molecule is Cc1c(CNC2CC2)cccc1S(=O)(=O)NCC1CCC1. The van der Waals surface area contributed by atoms with E-state index in [1.807, 2.05) is 19.1 Å². The highest BCUT2D eigenvalue weighted by molar-refractivity contribution is 7.89. The maximum atomic E-state index is 12.5. The summed E-state index contributed by atoms with van der Waals surface area (Å²) in [6.07, 6.45) is 5.99. The Morgan fingerprint density at radius 2 is 1.95 bits per heavy atom. The topological polar surface area (TPSA) is 58.2 Å². The van der Waals surface area contributed by atoms with Crippen LogP contribution >= 0.6 is 0 Å². The number of hydrogen-bond acceptors (Lipinski definition) is 3. The van der Waals surface area contributed by atoms with Crippen molar-refractivity contribution in [3.05, 3.63) is 29.3 Å². The van der Waals surface area contributed by atoms with Crippen LogP contribution < -0.4 is 10.0 Å². The molecular formula is C16H24N2O2S. The van der Waals surface area contributed by atoms with Gasteiger partial charge in [0.1, 0.15) is 0 Å². The molecule has 2 aliphatic carbocycles. The lowest BCUT2D eigenvalue weighted by atomic mass is 9.86. The Hall–Kier alpha value is -0.910. The maximum absolute atomic E-state index is 12.5. The summed E-state index contributed by atoms with van der Waals surface area (Å²) < 4.78 is 27.7. The largest absolute Gasteiger partial charge is 0.310 e. The number of rotatable bonds is 7. The van der Waals surface area contributed by atoms with Crippen LogP contribution in [0.5, 0.6) is 0 Å². The van der Waals surface area contributed by atoms with E-state index in [2.05, 4.69) is 10.0 Å². The van der Waals surface area contributed by atoms with Gasteiger partial charge in [0.2, 0.25) is 10.0 Å². The lowest BCUT2D eigenvalue weighted by Crippen LogP contribution is -2.32. The van der Waals surface area contributed by atoms with Crippen LogP contribution in [0.4, 0.5) is 0 Å². The summed E-state index contributed by atoms with van der Waals surface area (Å²) in [6, 6.07) is 6.19. The molecule has 5 heteroatoms. The van der Waals surface area contributed by atoms with Gasteiger partial charge in [-0.3, -0.25) is 0 Å². The molecule has 0 saturated heterocycles. The minimum Gasteiger partial charge on any atom is -0.310 e. The smallest absolute Gasteiger partial charge is 0.240 e. The normalized spacial score (nSPS) is 19.5. The summed E-state index contributed by atoms with van der Waals surface area (Å²) in [7, 11) is -3.39. The van der Waals surface area contributed by atoms with Gasteiger partial charge < -0.3 is 5.32 Å². The van der Waals surface area contributed by atoms with E-state index in [1.54, 1.807) is 6.07 Å². The van der Waals surface area contributed by atoms with Crippen molar-refractivity contribution in [1.82, 2.24) is 10.0 Å². The molecule has 2 N–H and O–H groups in total. The number of benzene rings is 1. The van der Waals surface area contributed by atoms with Crippen LogP contribution in [0, 0.1) is 12.8 Å². The summed E-state index contributed by atoms with van der Waals surface area (Å²) in [5.41, 5.74) is 1.94. The van der Waals surface area contributed by atoms with Gasteiger partial charge in [-0.2, -0.15) is 0 Å². The number of hydrogen-bond donors (Lipinski definition) is 2. The van der Waals surface area contributed by atoms with Gasteiger partial charge in [0.15, 0.2) is 0 Å². The van der Waals surface area contributed by atoms with Gasteiger partial charge >= 0.3 is 0 Å². The second-order valence-electron chi connectivity index (χ2n) is 6.34. The second-order valence-corrected chi connectivity index (χ2v) is 8.08. The minimum absolute atomic E-state index is 0.428. The van der Waals surface area contributed by atoms with E-state index in [9.17, 15) is 8.42 Å². The number of nitrogens with one attached hydrogen (secondary N) is 2. The molecule has 0 spiro atoms. The molecule has 0 bridgehead atoms. The van der Waals surface area contributed by atoms with Gasteiger partial charge in [0.25, 0.3) is 0 Å².